The summed E-state index contributed by atoms with van der Waals surface area (Å²) in [5.41, 5.74) is 0. The Kier molecular flexibility index (Phi) is 4.01. The average molecular weight is 228 g/mol. The smallest absolute Gasteiger partial charge is 0.412 e. The van der Waals surface area contributed by atoms with Gasteiger partial charge in [0.15, 0.2) is 0 Å². The number of aliphatic hydroxyl groups is 1. The van der Waals surface area contributed by atoms with Gasteiger partial charge in [-0.1, -0.05) is 0 Å². The van der Waals surface area contributed by atoms with E-state index in [-0.39, 0.29) is 12.2 Å². The van der Waals surface area contributed by atoms with Crippen LogP contribution < -0.4 is 5.32 Å². The molecule has 1 atom stereocenters. The molecule has 2 saturated heterocycles. The predicted octanol–water partition coefficient (Wildman–Crippen LogP) is 0.679. The van der Waals surface area contributed by atoms with Gasteiger partial charge in [0, 0.05) is 6.54 Å². The summed E-state index contributed by atoms with van der Waals surface area (Å²) in [4.78, 5) is 13.2. The van der Waals surface area contributed by atoms with Crippen molar-refractivity contribution in [3.63, 3.8) is 0 Å². The van der Waals surface area contributed by atoms with Crippen LogP contribution in [0, 0.1) is 0 Å². The summed E-state index contributed by atoms with van der Waals surface area (Å²) in [5.74, 6) is 0. The molecule has 0 spiro atoms. The van der Waals surface area contributed by atoms with Crippen LogP contribution in [-0.2, 0) is 4.74 Å². The van der Waals surface area contributed by atoms with Crippen LogP contribution in [0.2, 0.25) is 0 Å². The van der Waals surface area contributed by atoms with Crippen molar-refractivity contribution in [1.29, 1.82) is 0 Å². The number of likely N-dealkylation sites (tertiary alicyclic amines) is 1. The maximum atomic E-state index is 11.8. The van der Waals surface area contributed by atoms with E-state index in [9.17, 15) is 9.90 Å². The molecule has 2 aliphatic rings. The number of nitrogens with one attached hydrogen (secondary N) is 1. The van der Waals surface area contributed by atoms with Crippen LogP contribution in [-0.4, -0.2) is 48.1 Å². The quantitative estimate of drug-likeness (QED) is 0.693. The fourth-order valence-corrected chi connectivity index (χ4v) is 2.25. The highest BCUT2D eigenvalue weighted by molar-refractivity contribution is 5.68. The molecule has 1 amide bonds. The molecule has 5 heteroatoms. The first-order valence-corrected chi connectivity index (χ1v) is 6.13. The summed E-state index contributed by atoms with van der Waals surface area (Å²) in [6.45, 7) is 2.42. The van der Waals surface area contributed by atoms with Gasteiger partial charge >= 0.3 is 6.09 Å². The van der Waals surface area contributed by atoms with E-state index in [1.807, 2.05) is 0 Å². The van der Waals surface area contributed by atoms with E-state index in [1.54, 1.807) is 0 Å². The topological polar surface area (TPSA) is 61.8 Å². The summed E-state index contributed by atoms with van der Waals surface area (Å²) < 4.78 is 5.39. The highest BCUT2D eigenvalue weighted by Crippen LogP contribution is 2.17. The zero-order valence-electron chi connectivity index (χ0n) is 9.52. The van der Waals surface area contributed by atoms with Crippen molar-refractivity contribution >= 4 is 6.09 Å². The molecule has 0 aromatic carbocycles. The second-order valence-corrected chi connectivity index (χ2v) is 4.50. The standard InChI is InChI=1S/C11H20N2O3/c14-10-3-1-2-8-13(10)11(15)16-9-4-6-12-7-5-9/h9-10,12,14H,1-8H2. The van der Waals surface area contributed by atoms with E-state index in [4.69, 9.17) is 4.74 Å². The molecule has 0 aromatic rings. The molecule has 0 bridgehead atoms. The van der Waals surface area contributed by atoms with Crippen molar-refractivity contribution in [2.75, 3.05) is 19.6 Å². The lowest BCUT2D eigenvalue weighted by atomic mass is 10.1. The number of carbonyl (C=O) groups excluding carboxylic acids is 1. The monoisotopic (exact) mass is 228 g/mol. The van der Waals surface area contributed by atoms with Crippen molar-refractivity contribution in [1.82, 2.24) is 10.2 Å². The van der Waals surface area contributed by atoms with Crippen LogP contribution in [0.1, 0.15) is 32.1 Å². The first-order chi connectivity index (χ1) is 7.77. The molecule has 1 unspecified atom stereocenters. The van der Waals surface area contributed by atoms with Crippen molar-refractivity contribution in [3.05, 3.63) is 0 Å². The number of ether oxygens (including phenoxy) is 1. The predicted molar refractivity (Wildman–Crippen MR) is 58.9 cm³/mol. The lowest BCUT2D eigenvalue weighted by Crippen LogP contribution is -2.46. The number of amides is 1. The first-order valence-electron chi connectivity index (χ1n) is 6.13. The second-order valence-electron chi connectivity index (χ2n) is 4.50. The minimum atomic E-state index is -0.650. The normalized spacial score (nSPS) is 27.8. The molecule has 2 fully saturated rings. The Morgan fingerprint density at radius 3 is 2.69 bits per heavy atom. The lowest BCUT2D eigenvalue weighted by molar-refractivity contribution is -0.0354. The maximum absolute atomic E-state index is 11.8. The van der Waals surface area contributed by atoms with E-state index in [0.717, 1.165) is 38.8 Å². The van der Waals surface area contributed by atoms with Gasteiger partial charge in [0.1, 0.15) is 12.3 Å². The van der Waals surface area contributed by atoms with Gasteiger partial charge in [0.05, 0.1) is 0 Å². The minimum Gasteiger partial charge on any atom is -0.446 e. The van der Waals surface area contributed by atoms with E-state index in [2.05, 4.69) is 5.32 Å². The molecule has 0 saturated carbocycles. The van der Waals surface area contributed by atoms with Crippen molar-refractivity contribution < 1.29 is 14.6 Å². The maximum Gasteiger partial charge on any atom is 0.412 e. The first kappa shape index (κ1) is 11.7. The minimum absolute atomic E-state index is 0.0166. The molecule has 0 radical (unpaired) electrons. The Labute approximate surface area is 95.8 Å². The zero-order valence-corrected chi connectivity index (χ0v) is 9.52. The third-order valence-corrected chi connectivity index (χ3v) is 3.26. The van der Waals surface area contributed by atoms with Crippen LogP contribution in [0.4, 0.5) is 4.79 Å². The van der Waals surface area contributed by atoms with Crippen molar-refractivity contribution in [2.45, 2.75) is 44.4 Å². The Morgan fingerprint density at radius 2 is 2.00 bits per heavy atom. The number of piperidine rings is 2. The molecular weight excluding hydrogens is 208 g/mol. The van der Waals surface area contributed by atoms with Gasteiger partial charge in [-0.25, -0.2) is 4.79 Å². The van der Waals surface area contributed by atoms with Crippen LogP contribution in [0.25, 0.3) is 0 Å². The van der Waals surface area contributed by atoms with Crippen LogP contribution in [0.15, 0.2) is 0 Å². The Hall–Kier alpha value is -0.810. The Morgan fingerprint density at radius 1 is 1.25 bits per heavy atom. The molecule has 0 aliphatic carbocycles. The molecule has 0 aromatic heterocycles. The molecule has 2 heterocycles. The summed E-state index contributed by atoms with van der Waals surface area (Å²) in [6, 6.07) is 0. The summed E-state index contributed by atoms with van der Waals surface area (Å²) >= 11 is 0. The molecule has 16 heavy (non-hydrogen) atoms. The molecule has 5 nitrogen and oxygen atoms in total. The lowest BCUT2D eigenvalue weighted by Gasteiger charge is -2.33. The number of aliphatic hydroxyl groups excluding tert-OH is 1. The Bertz CT molecular complexity index is 241. The number of carbonyl (C=O) groups is 1. The zero-order chi connectivity index (χ0) is 11.4. The largest absolute Gasteiger partial charge is 0.446 e. The van der Waals surface area contributed by atoms with Gasteiger partial charge in [-0.15, -0.1) is 0 Å². The van der Waals surface area contributed by atoms with Crippen molar-refractivity contribution in [3.8, 4) is 0 Å². The highest BCUT2D eigenvalue weighted by Gasteiger charge is 2.28. The van der Waals surface area contributed by atoms with Gasteiger partial charge in [-0.05, 0) is 45.2 Å². The number of hydrogen-bond acceptors (Lipinski definition) is 4. The van der Waals surface area contributed by atoms with Crippen LogP contribution >= 0.6 is 0 Å². The number of rotatable bonds is 1. The van der Waals surface area contributed by atoms with Gasteiger partial charge in [-0.3, -0.25) is 4.90 Å². The average Bonchev–Trinajstić information content (AvgIpc) is 2.31. The number of nitrogens with zero attached hydrogens (tertiary/aromatic N) is 1. The molecule has 2 N–H and O–H groups in total. The molecule has 2 rings (SSSR count). The molecule has 92 valence electrons. The summed E-state index contributed by atoms with van der Waals surface area (Å²) in [6.07, 6.45) is 3.37. The Balaban J connectivity index is 1.81. The van der Waals surface area contributed by atoms with Gasteiger partial charge in [0.2, 0.25) is 0 Å². The van der Waals surface area contributed by atoms with E-state index in [1.165, 1.54) is 4.90 Å². The molecular formula is C11H20N2O3. The second kappa shape index (κ2) is 5.50. The van der Waals surface area contributed by atoms with Crippen LogP contribution in [0.3, 0.4) is 0 Å². The summed E-state index contributed by atoms with van der Waals surface area (Å²) in [7, 11) is 0. The third kappa shape index (κ3) is 2.86. The van der Waals surface area contributed by atoms with Crippen molar-refractivity contribution in [2.24, 2.45) is 0 Å². The highest BCUT2D eigenvalue weighted by atomic mass is 16.6. The van der Waals surface area contributed by atoms with Gasteiger partial charge in [0.25, 0.3) is 0 Å². The van der Waals surface area contributed by atoms with E-state index in [0.29, 0.717) is 13.0 Å². The number of hydrogen-bond donors (Lipinski definition) is 2. The summed E-state index contributed by atoms with van der Waals surface area (Å²) in [5, 5.41) is 12.9. The SMILES string of the molecule is O=C(OC1CCNCC1)N1CCCCC1O. The van der Waals surface area contributed by atoms with Gasteiger partial charge in [-0.2, -0.15) is 0 Å². The fraction of sp³-hybridized carbons (Fsp3) is 0.909. The van der Waals surface area contributed by atoms with E-state index >= 15 is 0 Å². The van der Waals surface area contributed by atoms with Gasteiger partial charge < -0.3 is 15.2 Å². The fourth-order valence-electron chi connectivity index (χ4n) is 2.25. The third-order valence-electron chi connectivity index (χ3n) is 3.26. The van der Waals surface area contributed by atoms with E-state index < -0.39 is 6.23 Å². The molecule has 2 aliphatic heterocycles. The van der Waals surface area contributed by atoms with Crippen LogP contribution in [0.5, 0.6) is 0 Å².